The fourth-order valence-electron chi connectivity index (χ4n) is 1.40. The molecule has 16 heavy (non-hydrogen) atoms. The van der Waals surface area contributed by atoms with E-state index in [9.17, 15) is 13.6 Å². The Hall–Kier alpha value is -1.97. The summed E-state index contributed by atoms with van der Waals surface area (Å²) in [7, 11) is 0. The minimum Gasteiger partial charge on any atom is -0.469 e. The van der Waals surface area contributed by atoms with Gasteiger partial charge in [-0.2, -0.15) is 0 Å². The molecule has 0 saturated heterocycles. The van der Waals surface area contributed by atoms with Gasteiger partial charge in [-0.25, -0.2) is 8.78 Å². The first-order chi connectivity index (χ1) is 7.59. The number of halogens is 2. The van der Waals surface area contributed by atoms with E-state index in [4.69, 9.17) is 4.42 Å². The Kier molecular flexibility index (Phi) is 2.56. The first-order valence-corrected chi connectivity index (χ1v) is 4.63. The van der Waals surface area contributed by atoms with Crippen molar-refractivity contribution in [2.24, 2.45) is 0 Å². The van der Waals surface area contributed by atoms with Crippen molar-refractivity contribution in [3.8, 4) is 0 Å². The summed E-state index contributed by atoms with van der Waals surface area (Å²) >= 11 is 0. The second-order valence-corrected chi connectivity index (χ2v) is 3.38. The monoisotopic (exact) mass is 222 g/mol. The summed E-state index contributed by atoms with van der Waals surface area (Å²) in [6.07, 6.45) is 1.22. The third-order valence-electron chi connectivity index (χ3n) is 2.19. The number of hydrogen-bond acceptors (Lipinski definition) is 2. The van der Waals surface area contributed by atoms with Crippen LogP contribution in [0.25, 0.3) is 0 Å². The lowest BCUT2D eigenvalue weighted by atomic mass is 10.1. The molecule has 2 nitrogen and oxygen atoms in total. The fourth-order valence-corrected chi connectivity index (χ4v) is 1.40. The Labute approximate surface area is 90.5 Å². The summed E-state index contributed by atoms with van der Waals surface area (Å²) in [6.45, 7) is 1.67. The van der Waals surface area contributed by atoms with Crippen molar-refractivity contribution < 1.29 is 18.0 Å². The van der Waals surface area contributed by atoms with Crippen LogP contribution in [0.2, 0.25) is 0 Å². The predicted molar refractivity (Wildman–Crippen MR) is 53.2 cm³/mol. The fraction of sp³-hybridized carbons (Fsp3) is 0.0833. The predicted octanol–water partition coefficient (Wildman–Crippen LogP) is 3.10. The number of carbonyl (C=O) groups is 1. The topological polar surface area (TPSA) is 30.2 Å². The highest BCUT2D eigenvalue weighted by molar-refractivity contribution is 6.09. The molecule has 0 aliphatic carbocycles. The van der Waals surface area contributed by atoms with Gasteiger partial charge in [0.15, 0.2) is 17.4 Å². The molecular formula is C12H8F2O2. The van der Waals surface area contributed by atoms with Gasteiger partial charge in [0.05, 0.1) is 11.1 Å². The molecule has 0 fully saturated rings. The van der Waals surface area contributed by atoms with Gasteiger partial charge in [-0.3, -0.25) is 4.79 Å². The number of carbonyl (C=O) groups excluding carboxylic acids is 1. The van der Waals surface area contributed by atoms with Crippen LogP contribution in [0.1, 0.15) is 21.7 Å². The molecule has 1 aromatic heterocycles. The number of hydrogen-bond donors (Lipinski definition) is 0. The van der Waals surface area contributed by atoms with Crippen LogP contribution in [0, 0.1) is 18.6 Å². The lowest BCUT2D eigenvalue weighted by Gasteiger charge is -2.00. The van der Waals surface area contributed by atoms with Gasteiger partial charge >= 0.3 is 0 Å². The van der Waals surface area contributed by atoms with Crippen LogP contribution < -0.4 is 0 Å². The summed E-state index contributed by atoms with van der Waals surface area (Å²) < 4.78 is 31.2. The van der Waals surface area contributed by atoms with Crippen molar-refractivity contribution in [2.75, 3.05) is 0 Å². The third kappa shape index (κ3) is 1.74. The molecule has 0 spiro atoms. The molecular weight excluding hydrogens is 214 g/mol. The Morgan fingerprint density at radius 2 is 2.06 bits per heavy atom. The molecule has 0 radical (unpaired) electrons. The molecule has 0 N–H and O–H groups in total. The van der Waals surface area contributed by atoms with Crippen molar-refractivity contribution in [3.05, 3.63) is 59.1 Å². The van der Waals surface area contributed by atoms with Crippen molar-refractivity contribution in [1.82, 2.24) is 0 Å². The van der Waals surface area contributed by atoms with Crippen LogP contribution in [0.15, 0.2) is 34.9 Å². The van der Waals surface area contributed by atoms with E-state index in [-0.39, 0.29) is 11.1 Å². The maximum Gasteiger partial charge on any atom is 0.199 e. The first kappa shape index (κ1) is 10.5. The zero-order valence-electron chi connectivity index (χ0n) is 8.46. The second-order valence-electron chi connectivity index (χ2n) is 3.38. The lowest BCUT2D eigenvalue weighted by molar-refractivity contribution is 0.103. The summed E-state index contributed by atoms with van der Waals surface area (Å²) in [6, 6.07) is 4.97. The maximum atomic E-state index is 13.3. The van der Waals surface area contributed by atoms with E-state index in [1.807, 2.05) is 0 Å². The number of benzene rings is 1. The van der Waals surface area contributed by atoms with Gasteiger partial charge in [0.1, 0.15) is 12.0 Å². The van der Waals surface area contributed by atoms with E-state index in [1.54, 1.807) is 6.92 Å². The van der Waals surface area contributed by atoms with Crippen molar-refractivity contribution in [3.63, 3.8) is 0 Å². The minimum atomic E-state index is -1.13. The Morgan fingerprint density at radius 3 is 2.69 bits per heavy atom. The standard InChI is InChI=1S/C12H8F2O2/c1-7-5-8(6-16-7)12(15)9-3-2-4-10(13)11(9)14/h2-6H,1H3. The molecule has 1 aromatic carbocycles. The molecule has 0 unspecified atom stereocenters. The van der Waals surface area contributed by atoms with Crippen LogP contribution in [0.3, 0.4) is 0 Å². The molecule has 0 aliphatic heterocycles. The van der Waals surface area contributed by atoms with Crippen molar-refractivity contribution >= 4 is 5.78 Å². The highest BCUT2D eigenvalue weighted by Crippen LogP contribution is 2.17. The van der Waals surface area contributed by atoms with Crippen LogP contribution >= 0.6 is 0 Å². The average Bonchev–Trinajstić information content (AvgIpc) is 2.68. The number of ketones is 1. The summed E-state index contributed by atoms with van der Waals surface area (Å²) in [4.78, 5) is 11.8. The van der Waals surface area contributed by atoms with Crippen LogP contribution in [0.5, 0.6) is 0 Å². The third-order valence-corrected chi connectivity index (χ3v) is 2.19. The molecule has 0 saturated carbocycles. The molecule has 2 aromatic rings. The van der Waals surface area contributed by atoms with Gasteiger partial charge in [-0.05, 0) is 25.1 Å². The molecule has 0 aliphatic rings. The van der Waals surface area contributed by atoms with E-state index < -0.39 is 17.4 Å². The highest BCUT2D eigenvalue weighted by atomic mass is 19.2. The van der Waals surface area contributed by atoms with Crippen molar-refractivity contribution in [1.29, 1.82) is 0 Å². The normalized spacial score (nSPS) is 10.4. The largest absolute Gasteiger partial charge is 0.469 e. The van der Waals surface area contributed by atoms with Gasteiger partial charge in [0.2, 0.25) is 0 Å². The van der Waals surface area contributed by atoms with E-state index in [0.29, 0.717) is 5.76 Å². The van der Waals surface area contributed by atoms with Crippen molar-refractivity contribution in [2.45, 2.75) is 6.92 Å². The number of rotatable bonds is 2. The first-order valence-electron chi connectivity index (χ1n) is 4.63. The zero-order chi connectivity index (χ0) is 11.7. The highest BCUT2D eigenvalue weighted by Gasteiger charge is 2.17. The summed E-state index contributed by atoms with van der Waals surface area (Å²) in [5.41, 5.74) is -0.0807. The van der Waals surface area contributed by atoms with Gasteiger partial charge in [-0.15, -0.1) is 0 Å². The molecule has 2 rings (SSSR count). The van der Waals surface area contributed by atoms with E-state index >= 15 is 0 Å². The van der Waals surface area contributed by atoms with Crippen LogP contribution in [-0.4, -0.2) is 5.78 Å². The Morgan fingerprint density at radius 1 is 1.31 bits per heavy atom. The number of furan rings is 1. The quantitative estimate of drug-likeness (QED) is 0.731. The number of aryl methyl sites for hydroxylation is 1. The van der Waals surface area contributed by atoms with Gasteiger partial charge < -0.3 is 4.42 Å². The van der Waals surface area contributed by atoms with Crippen LogP contribution in [0.4, 0.5) is 8.78 Å². The minimum absolute atomic E-state index is 0.210. The van der Waals surface area contributed by atoms with Crippen LogP contribution in [-0.2, 0) is 0 Å². The van der Waals surface area contributed by atoms with Gasteiger partial charge in [0.25, 0.3) is 0 Å². The molecule has 0 atom stereocenters. The Bertz CT molecular complexity index is 544. The molecule has 0 bridgehead atoms. The average molecular weight is 222 g/mol. The molecule has 82 valence electrons. The molecule has 1 heterocycles. The Balaban J connectivity index is 2.45. The van der Waals surface area contributed by atoms with E-state index in [2.05, 4.69) is 0 Å². The summed E-state index contributed by atoms with van der Waals surface area (Å²) in [5.74, 6) is -2.22. The van der Waals surface area contributed by atoms with Gasteiger partial charge in [0, 0.05) is 0 Å². The second kappa shape index (κ2) is 3.89. The molecule has 0 amide bonds. The van der Waals surface area contributed by atoms with Gasteiger partial charge in [-0.1, -0.05) is 6.07 Å². The SMILES string of the molecule is Cc1cc(C(=O)c2cccc(F)c2F)co1. The molecule has 4 heteroatoms. The smallest absolute Gasteiger partial charge is 0.199 e. The maximum absolute atomic E-state index is 13.3. The summed E-state index contributed by atoms with van der Waals surface area (Å²) in [5, 5.41) is 0. The van der Waals surface area contributed by atoms with E-state index in [1.165, 1.54) is 24.5 Å². The lowest BCUT2D eigenvalue weighted by Crippen LogP contribution is -2.04. The van der Waals surface area contributed by atoms with E-state index in [0.717, 1.165) is 6.07 Å². The zero-order valence-corrected chi connectivity index (χ0v) is 8.46.